The van der Waals surface area contributed by atoms with Crippen LogP contribution in [0.4, 0.5) is 0 Å². The molecule has 0 aliphatic carbocycles. The number of likely N-dealkylation sites (N-methyl/N-ethyl adjacent to an activating group) is 1. The van der Waals surface area contributed by atoms with Crippen molar-refractivity contribution >= 4 is 5.97 Å². The average Bonchev–Trinajstić information content (AvgIpc) is 2.03. The molecule has 0 aliphatic heterocycles. The lowest BCUT2D eigenvalue weighted by molar-refractivity contribution is -0.890. The normalized spacial score (nSPS) is 10.7. The number of hydrogen-bond acceptors (Lipinski definition) is 3. The summed E-state index contributed by atoms with van der Waals surface area (Å²) in [6, 6.07) is 2.12. The van der Waals surface area contributed by atoms with Crippen LogP contribution in [0.5, 0.6) is 0 Å². The number of carbonyl (C=O) groups is 1. The Balaban J connectivity index is 3.61. The number of unbranched alkanes of at least 4 members (excludes halogenated alkanes) is 1. The van der Waals surface area contributed by atoms with Gasteiger partial charge < -0.3 is 9.22 Å². The molecule has 0 amide bonds. The van der Waals surface area contributed by atoms with Crippen molar-refractivity contribution in [1.82, 2.24) is 0 Å². The number of quaternary nitrogens is 1. The summed E-state index contributed by atoms with van der Waals surface area (Å²) in [6.45, 7) is 3.60. The molecular weight excluding hydrogens is 180 g/mol. The summed E-state index contributed by atoms with van der Waals surface area (Å²) in [7, 11) is 4.14. The Hall–Kier alpha value is -1.08. The lowest BCUT2D eigenvalue weighted by Gasteiger charge is -2.29. The molecular formula is C10H19N2O2+. The van der Waals surface area contributed by atoms with Crippen LogP contribution < -0.4 is 0 Å². The number of hydrogen-bond donors (Lipinski definition) is 0. The monoisotopic (exact) mass is 199 g/mol. The van der Waals surface area contributed by atoms with Gasteiger partial charge in [0.15, 0.2) is 0 Å². The first-order chi connectivity index (χ1) is 6.48. The van der Waals surface area contributed by atoms with Crippen molar-refractivity contribution in [3.05, 3.63) is 0 Å². The predicted molar refractivity (Wildman–Crippen MR) is 53.3 cm³/mol. The van der Waals surface area contributed by atoms with E-state index in [0.717, 1.165) is 24.0 Å². The first kappa shape index (κ1) is 12.9. The second-order valence-electron chi connectivity index (χ2n) is 3.98. The van der Waals surface area contributed by atoms with E-state index in [9.17, 15) is 4.79 Å². The Morgan fingerprint density at radius 2 is 2.07 bits per heavy atom. The molecule has 0 atom stereocenters. The van der Waals surface area contributed by atoms with Gasteiger partial charge in [-0.1, -0.05) is 0 Å². The maximum absolute atomic E-state index is 10.5. The number of esters is 1. The Morgan fingerprint density at radius 1 is 1.43 bits per heavy atom. The van der Waals surface area contributed by atoms with Crippen LogP contribution in [0.1, 0.15) is 19.8 Å². The molecule has 4 heteroatoms. The van der Waals surface area contributed by atoms with E-state index in [-0.39, 0.29) is 5.97 Å². The molecule has 0 aliphatic rings. The fourth-order valence-corrected chi connectivity index (χ4v) is 1.13. The first-order valence-corrected chi connectivity index (χ1v) is 4.80. The van der Waals surface area contributed by atoms with Crippen molar-refractivity contribution in [1.29, 1.82) is 5.26 Å². The van der Waals surface area contributed by atoms with Gasteiger partial charge in [-0.05, 0) is 0 Å². The van der Waals surface area contributed by atoms with Crippen LogP contribution in [-0.4, -0.2) is 44.2 Å². The standard InChI is InChI=1S/C10H19N2O2/c1-10(13)14-9-8-12(2,3)7-5-4-6-11/h4-5,7-9H2,1-3H3/q+1. The van der Waals surface area contributed by atoms with Crippen LogP contribution in [0.2, 0.25) is 0 Å². The van der Waals surface area contributed by atoms with Crippen LogP contribution in [-0.2, 0) is 9.53 Å². The Bertz CT molecular complexity index is 219. The molecule has 14 heavy (non-hydrogen) atoms. The first-order valence-electron chi connectivity index (χ1n) is 4.80. The zero-order chi connectivity index (χ0) is 11.0. The molecule has 0 aromatic heterocycles. The van der Waals surface area contributed by atoms with Crippen LogP contribution >= 0.6 is 0 Å². The fourth-order valence-electron chi connectivity index (χ4n) is 1.13. The van der Waals surface area contributed by atoms with Gasteiger partial charge in [0.05, 0.1) is 26.7 Å². The van der Waals surface area contributed by atoms with E-state index in [4.69, 9.17) is 10.00 Å². The quantitative estimate of drug-likeness (QED) is 0.363. The number of nitriles is 1. The molecule has 0 unspecified atom stereocenters. The Labute approximate surface area is 85.7 Å². The summed E-state index contributed by atoms with van der Waals surface area (Å²) < 4.78 is 5.65. The van der Waals surface area contributed by atoms with Crippen molar-refractivity contribution in [3.8, 4) is 6.07 Å². The van der Waals surface area contributed by atoms with Crippen LogP contribution in [0.25, 0.3) is 0 Å². The van der Waals surface area contributed by atoms with Crippen molar-refractivity contribution in [3.63, 3.8) is 0 Å². The van der Waals surface area contributed by atoms with Gasteiger partial charge in [0.2, 0.25) is 0 Å². The third-order valence-corrected chi connectivity index (χ3v) is 2.05. The lowest BCUT2D eigenvalue weighted by atomic mass is 10.3. The van der Waals surface area contributed by atoms with Crippen LogP contribution in [0.15, 0.2) is 0 Å². The maximum atomic E-state index is 10.5. The maximum Gasteiger partial charge on any atom is 0.302 e. The van der Waals surface area contributed by atoms with Gasteiger partial charge in [-0.3, -0.25) is 4.79 Å². The van der Waals surface area contributed by atoms with Crippen molar-refractivity contribution in [2.24, 2.45) is 0 Å². The molecule has 0 saturated heterocycles. The van der Waals surface area contributed by atoms with E-state index in [1.165, 1.54) is 6.92 Å². The minimum Gasteiger partial charge on any atom is -0.460 e. The summed E-state index contributed by atoms with van der Waals surface area (Å²) in [5.74, 6) is -0.234. The second-order valence-corrected chi connectivity index (χ2v) is 3.98. The number of carbonyl (C=O) groups excluding carboxylic acids is 1. The molecule has 0 radical (unpaired) electrons. The summed E-state index contributed by atoms with van der Waals surface area (Å²) in [6.07, 6.45) is 1.48. The predicted octanol–water partition coefficient (Wildman–Crippen LogP) is 0.930. The average molecular weight is 199 g/mol. The molecule has 0 fully saturated rings. The van der Waals surface area contributed by atoms with E-state index < -0.39 is 0 Å². The molecule has 0 saturated carbocycles. The zero-order valence-electron chi connectivity index (χ0n) is 9.25. The van der Waals surface area contributed by atoms with Gasteiger partial charge in [0, 0.05) is 19.8 Å². The van der Waals surface area contributed by atoms with Gasteiger partial charge in [0.25, 0.3) is 0 Å². The van der Waals surface area contributed by atoms with E-state index >= 15 is 0 Å². The van der Waals surface area contributed by atoms with Gasteiger partial charge in [0.1, 0.15) is 13.2 Å². The van der Waals surface area contributed by atoms with Gasteiger partial charge in [-0.25, -0.2) is 0 Å². The largest absolute Gasteiger partial charge is 0.460 e. The summed E-state index contributed by atoms with van der Waals surface area (Å²) in [5.41, 5.74) is 0. The highest BCUT2D eigenvalue weighted by atomic mass is 16.5. The molecule has 0 aromatic rings. The van der Waals surface area contributed by atoms with Gasteiger partial charge in [-0.15, -0.1) is 0 Å². The van der Waals surface area contributed by atoms with Gasteiger partial charge in [-0.2, -0.15) is 5.26 Å². The topological polar surface area (TPSA) is 50.1 Å². The van der Waals surface area contributed by atoms with Crippen molar-refractivity contribution < 1.29 is 14.0 Å². The fraction of sp³-hybridized carbons (Fsp3) is 0.800. The third-order valence-electron chi connectivity index (χ3n) is 2.05. The molecule has 0 heterocycles. The minimum atomic E-state index is -0.234. The summed E-state index contributed by atoms with van der Waals surface area (Å²) in [5, 5.41) is 8.39. The molecule has 0 rings (SSSR count). The van der Waals surface area contributed by atoms with E-state index in [1.807, 2.05) is 0 Å². The number of rotatable bonds is 6. The Morgan fingerprint density at radius 3 is 2.57 bits per heavy atom. The van der Waals surface area contributed by atoms with Gasteiger partial charge >= 0.3 is 5.97 Å². The highest BCUT2D eigenvalue weighted by Crippen LogP contribution is 2.01. The van der Waals surface area contributed by atoms with Crippen molar-refractivity contribution in [2.75, 3.05) is 33.8 Å². The second kappa shape index (κ2) is 6.39. The van der Waals surface area contributed by atoms with E-state index in [2.05, 4.69) is 20.2 Å². The molecule has 80 valence electrons. The minimum absolute atomic E-state index is 0.234. The SMILES string of the molecule is CC(=O)OCC[N+](C)(C)CCCC#N. The smallest absolute Gasteiger partial charge is 0.302 e. The molecule has 0 aromatic carbocycles. The highest BCUT2D eigenvalue weighted by Gasteiger charge is 2.14. The summed E-state index contributed by atoms with van der Waals surface area (Å²) in [4.78, 5) is 10.5. The Kier molecular flexibility index (Phi) is 5.89. The van der Waals surface area contributed by atoms with Crippen molar-refractivity contribution in [2.45, 2.75) is 19.8 Å². The summed E-state index contributed by atoms with van der Waals surface area (Å²) >= 11 is 0. The number of nitrogens with zero attached hydrogens (tertiary/aromatic N) is 2. The lowest BCUT2D eigenvalue weighted by Crippen LogP contribution is -2.43. The molecule has 4 nitrogen and oxygen atoms in total. The molecule has 0 spiro atoms. The molecule has 0 N–H and O–H groups in total. The van der Waals surface area contributed by atoms with E-state index in [0.29, 0.717) is 13.0 Å². The van der Waals surface area contributed by atoms with Crippen LogP contribution in [0, 0.1) is 11.3 Å². The zero-order valence-corrected chi connectivity index (χ0v) is 9.25. The van der Waals surface area contributed by atoms with E-state index in [1.54, 1.807) is 0 Å². The molecule has 0 bridgehead atoms. The highest BCUT2D eigenvalue weighted by molar-refractivity contribution is 5.65. The number of ether oxygens (including phenoxy) is 1. The van der Waals surface area contributed by atoms with Crippen LogP contribution in [0.3, 0.4) is 0 Å². The third kappa shape index (κ3) is 7.56.